The highest BCUT2D eigenvalue weighted by Gasteiger charge is 2.34. The van der Waals surface area contributed by atoms with Crippen LogP contribution in [0.2, 0.25) is 0 Å². The molecule has 0 saturated heterocycles. The highest BCUT2D eigenvalue weighted by atomic mass is 16.7. The van der Waals surface area contributed by atoms with E-state index in [-0.39, 0.29) is 19.6 Å². The van der Waals surface area contributed by atoms with Gasteiger partial charge in [-0.1, -0.05) is 42.5 Å². The Kier molecular flexibility index (Phi) is 5.56. The maximum Gasteiger partial charge on any atom is 0.315 e. The number of fused-ring (bicyclic) bond motifs is 2. The fraction of sp³-hybridized carbons (Fsp3) is 0.240. The van der Waals surface area contributed by atoms with Crippen LogP contribution in [0.4, 0.5) is 0 Å². The van der Waals surface area contributed by atoms with Crippen molar-refractivity contribution in [1.29, 1.82) is 0 Å². The molecule has 0 aliphatic carbocycles. The second-order valence-corrected chi connectivity index (χ2v) is 7.57. The number of carbonyl (C=O) groups excluding carboxylic acids is 1. The Hall–Kier alpha value is -3.71. The number of esters is 1. The molecule has 0 fully saturated rings. The maximum absolute atomic E-state index is 13.1. The molecular weight excluding hydrogens is 410 g/mol. The standard InChI is InChI=1S/C25H23NO6/c1-28-25(27)23(17-7-9-19-21(11-17)31-14-29-19)24(26-13-16-5-3-2-4-6-16)18-8-10-20-22(12-18)32-15-30-20/h2-12,23-24,26H,13-15H2,1H3/t23-,24+/m0/s1. The van der Waals surface area contributed by atoms with Gasteiger partial charge in [0, 0.05) is 6.54 Å². The Morgan fingerprint density at radius 2 is 1.44 bits per heavy atom. The minimum Gasteiger partial charge on any atom is -0.468 e. The van der Waals surface area contributed by atoms with Crippen molar-refractivity contribution in [3.63, 3.8) is 0 Å². The SMILES string of the molecule is COC(=O)[C@@H](c1ccc2c(c1)OCO2)[C@H](NCc1ccccc1)c1ccc2c(c1)OCO2. The normalized spacial score (nSPS) is 15.3. The summed E-state index contributed by atoms with van der Waals surface area (Å²) in [6.45, 7) is 0.918. The summed E-state index contributed by atoms with van der Waals surface area (Å²) in [5.74, 6) is 1.64. The number of ether oxygens (including phenoxy) is 5. The van der Waals surface area contributed by atoms with Gasteiger partial charge in [0.15, 0.2) is 23.0 Å². The lowest BCUT2D eigenvalue weighted by Crippen LogP contribution is -2.32. The Morgan fingerprint density at radius 3 is 2.09 bits per heavy atom. The molecule has 2 atom stereocenters. The van der Waals surface area contributed by atoms with E-state index in [4.69, 9.17) is 23.7 Å². The van der Waals surface area contributed by atoms with Gasteiger partial charge in [-0.05, 0) is 41.0 Å². The summed E-state index contributed by atoms with van der Waals surface area (Å²) in [6, 6.07) is 20.9. The molecule has 0 unspecified atom stereocenters. The summed E-state index contributed by atoms with van der Waals surface area (Å²) in [5, 5.41) is 3.56. The minimum atomic E-state index is -0.626. The van der Waals surface area contributed by atoms with Gasteiger partial charge in [-0.15, -0.1) is 0 Å². The lowest BCUT2D eigenvalue weighted by Gasteiger charge is -2.28. The second kappa shape index (κ2) is 8.80. The van der Waals surface area contributed by atoms with E-state index >= 15 is 0 Å². The van der Waals surface area contributed by atoms with E-state index in [0.717, 1.165) is 16.7 Å². The number of carbonyl (C=O) groups is 1. The summed E-state index contributed by atoms with van der Waals surface area (Å²) in [5.41, 5.74) is 2.76. The molecule has 5 rings (SSSR count). The van der Waals surface area contributed by atoms with Crippen molar-refractivity contribution in [2.75, 3.05) is 20.7 Å². The first-order valence-corrected chi connectivity index (χ1v) is 10.4. The van der Waals surface area contributed by atoms with Crippen molar-refractivity contribution in [2.24, 2.45) is 0 Å². The highest BCUT2D eigenvalue weighted by molar-refractivity contribution is 5.80. The average Bonchev–Trinajstić information content (AvgIpc) is 3.50. The number of hydrogen-bond donors (Lipinski definition) is 1. The summed E-state index contributed by atoms with van der Waals surface area (Å²) in [7, 11) is 1.40. The average molecular weight is 433 g/mol. The van der Waals surface area contributed by atoms with Crippen LogP contribution in [0.3, 0.4) is 0 Å². The van der Waals surface area contributed by atoms with Crippen LogP contribution in [0.5, 0.6) is 23.0 Å². The number of hydrogen-bond acceptors (Lipinski definition) is 7. The Bertz CT molecular complexity index is 1120. The van der Waals surface area contributed by atoms with Crippen LogP contribution >= 0.6 is 0 Å². The van der Waals surface area contributed by atoms with Crippen LogP contribution in [0.1, 0.15) is 28.7 Å². The predicted octanol–water partition coefficient (Wildman–Crippen LogP) is 3.93. The fourth-order valence-corrected chi connectivity index (χ4v) is 4.06. The fourth-order valence-electron chi connectivity index (χ4n) is 4.06. The third-order valence-electron chi connectivity index (χ3n) is 5.67. The molecule has 164 valence electrons. The van der Waals surface area contributed by atoms with Gasteiger partial charge in [-0.2, -0.15) is 0 Å². The van der Waals surface area contributed by atoms with Crippen LogP contribution in [0, 0.1) is 0 Å². The molecule has 0 saturated carbocycles. The first-order valence-electron chi connectivity index (χ1n) is 10.4. The monoisotopic (exact) mass is 433 g/mol. The zero-order chi connectivity index (χ0) is 21.9. The number of rotatable bonds is 7. The molecule has 0 bridgehead atoms. The Morgan fingerprint density at radius 1 is 0.844 bits per heavy atom. The molecule has 32 heavy (non-hydrogen) atoms. The van der Waals surface area contributed by atoms with Gasteiger partial charge in [0.05, 0.1) is 13.2 Å². The topological polar surface area (TPSA) is 75.3 Å². The molecule has 2 aliphatic rings. The van der Waals surface area contributed by atoms with Gasteiger partial charge in [-0.25, -0.2) is 0 Å². The Balaban J connectivity index is 1.54. The quantitative estimate of drug-likeness (QED) is 0.566. The van der Waals surface area contributed by atoms with Crippen LogP contribution in [0.25, 0.3) is 0 Å². The highest BCUT2D eigenvalue weighted by Crippen LogP contribution is 2.41. The molecule has 2 heterocycles. The summed E-state index contributed by atoms with van der Waals surface area (Å²) in [6.07, 6.45) is 0. The van der Waals surface area contributed by atoms with Crippen molar-refractivity contribution in [3.05, 3.63) is 83.4 Å². The molecular formula is C25H23NO6. The molecule has 0 aromatic heterocycles. The molecule has 1 N–H and O–H groups in total. The summed E-state index contributed by atoms with van der Waals surface area (Å²) in [4.78, 5) is 13.1. The number of benzene rings is 3. The smallest absolute Gasteiger partial charge is 0.315 e. The maximum atomic E-state index is 13.1. The van der Waals surface area contributed by atoms with Crippen LogP contribution in [-0.4, -0.2) is 26.7 Å². The first-order chi connectivity index (χ1) is 15.7. The predicted molar refractivity (Wildman–Crippen MR) is 116 cm³/mol. The molecule has 3 aromatic carbocycles. The summed E-state index contributed by atoms with van der Waals surface area (Å²) < 4.78 is 27.3. The number of methoxy groups -OCH3 is 1. The van der Waals surface area contributed by atoms with Crippen molar-refractivity contribution in [3.8, 4) is 23.0 Å². The van der Waals surface area contributed by atoms with Crippen LogP contribution in [0.15, 0.2) is 66.7 Å². The number of nitrogens with one attached hydrogen (secondary N) is 1. The van der Waals surface area contributed by atoms with Gasteiger partial charge in [0.25, 0.3) is 0 Å². The Labute approximate surface area is 185 Å². The van der Waals surface area contributed by atoms with Crippen molar-refractivity contribution in [1.82, 2.24) is 5.32 Å². The van der Waals surface area contributed by atoms with E-state index in [1.807, 2.05) is 66.7 Å². The third kappa shape index (κ3) is 3.94. The first kappa shape index (κ1) is 20.2. The van der Waals surface area contributed by atoms with E-state index in [1.165, 1.54) is 7.11 Å². The molecule has 0 radical (unpaired) electrons. The van der Waals surface area contributed by atoms with Crippen molar-refractivity contribution in [2.45, 2.75) is 18.5 Å². The van der Waals surface area contributed by atoms with Gasteiger partial charge >= 0.3 is 5.97 Å². The summed E-state index contributed by atoms with van der Waals surface area (Å²) >= 11 is 0. The molecule has 0 amide bonds. The zero-order valence-corrected chi connectivity index (χ0v) is 17.6. The van der Waals surface area contributed by atoms with E-state index in [0.29, 0.717) is 29.5 Å². The van der Waals surface area contributed by atoms with Gasteiger partial charge in [0.2, 0.25) is 13.6 Å². The van der Waals surface area contributed by atoms with E-state index in [1.54, 1.807) is 0 Å². The molecule has 3 aromatic rings. The van der Waals surface area contributed by atoms with Gasteiger partial charge < -0.3 is 29.0 Å². The van der Waals surface area contributed by atoms with Gasteiger partial charge in [0.1, 0.15) is 5.92 Å². The molecule has 2 aliphatic heterocycles. The molecule has 7 heteroatoms. The minimum absolute atomic E-state index is 0.166. The van der Waals surface area contributed by atoms with E-state index in [9.17, 15) is 4.79 Å². The third-order valence-corrected chi connectivity index (χ3v) is 5.67. The van der Waals surface area contributed by atoms with Crippen molar-refractivity contribution >= 4 is 5.97 Å². The molecule has 7 nitrogen and oxygen atoms in total. The zero-order valence-electron chi connectivity index (χ0n) is 17.6. The largest absolute Gasteiger partial charge is 0.468 e. The van der Waals surface area contributed by atoms with Gasteiger partial charge in [-0.3, -0.25) is 4.79 Å². The van der Waals surface area contributed by atoms with Crippen LogP contribution < -0.4 is 24.3 Å². The van der Waals surface area contributed by atoms with E-state index < -0.39 is 12.0 Å². The lowest BCUT2D eigenvalue weighted by molar-refractivity contribution is -0.143. The second-order valence-electron chi connectivity index (χ2n) is 7.57. The molecule has 0 spiro atoms. The van der Waals surface area contributed by atoms with Crippen molar-refractivity contribution < 1.29 is 28.5 Å². The lowest BCUT2D eigenvalue weighted by atomic mass is 9.86. The van der Waals surface area contributed by atoms with Crippen LogP contribution in [-0.2, 0) is 16.1 Å². The van der Waals surface area contributed by atoms with E-state index in [2.05, 4.69) is 5.32 Å².